The third kappa shape index (κ3) is 6.57. The highest BCUT2D eigenvalue weighted by Gasteiger charge is 2.28. The molecule has 2 rings (SSSR count). The number of benzene rings is 1. The number of hydrogen-bond acceptors (Lipinski definition) is 7. The fourth-order valence-corrected chi connectivity index (χ4v) is 3.15. The fraction of sp³-hybridized carbons (Fsp3) is 0.600. The van der Waals surface area contributed by atoms with Gasteiger partial charge in [0.1, 0.15) is 11.4 Å². The average molecular weight is 426 g/mol. The summed E-state index contributed by atoms with van der Waals surface area (Å²) in [6.07, 6.45) is 1.18. The van der Waals surface area contributed by atoms with Gasteiger partial charge in [0.25, 0.3) is 0 Å². The van der Waals surface area contributed by atoms with Crippen LogP contribution in [0.4, 0.5) is 14.9 Å². The monoisotopic (exact) mass is 426 g/mol. The van der Waals surface area contributed by atoms with Crippen LogP contribution in [-0.2, 0) is 20.7 Å². The van der Waals surface area contributed by atoms with Crippen molar-refractivity contribution in [3.8, 4) is 5.75 Å². The Labute approximate surface area is 174 Å². The van der Waals surface area contributed by atoms with Gasteiger partial charge in [0.05, 0.1) is 12.0 Å². The number of esters is 1. The predicted octanol–water partition coefficient (Wildman–Crippen LogP) is 3.48. The van der Waals surface area contributed by atoms with Gasteiger partial charge < -0.3 is 19.1 Å². The Kier molecular flexibility index (Phi) is 7.58. The number of carbonyl (C=O) groups is 2. The van der Waals surface area contributed by atoms with Crippen LogP contribution in [0.3, 0.4) is 0 Å². The summed E-state index contributed by atoms with van der Waals surface area (Å²) in [6, 6.07) is 2.06. The summed E-state index contributed by atoms with van der Waals surface area (Å²) in [5.41, 5.74) is -0.794. The number of rotatable bonds is 6. The molecule has 30 heavy (non-hydrogen) atoms. The van der Waals surface area contributed by atoms with Gasteiger partial charge in [-0.05, 0) is 51.5 Å². The number of nitro groups is 1. The van der Waals surface area contributed by atoms with Crippen LogP contribution in [0.15, 0.2) is 12.1 Å². The summed E-state index contributed by atoms with van der Waals surface area (Å²) in [4.78, 5) is 35.6. The van der Waals surface area contributed by atoms with Gasteiger partial charge in [0.15, 0.2) is 6.61 Å². The zero-order chi connectivity index (χ0) is 22.5. The Morgan fingerprint density at radius 2 is 1.90 bits per heavy atom. The van der Waals surface area contributed by atoms with Crippen LogP contribution in [0.25, 0.3) is 0 Å². The van der Waals surface area contributed by atoms with Crippen molar-refractivity contribution in [3.05, 3.63) is 33.6 Å². The molecule has 166 valence electrons. The minimum absolute atomic E-state index is 0.0691. The lowest BCUT2D eigenvalue weighted by molar-refractivity contribution is -0.385. The van der Waals surface area contributed by atoms with Crippen LogP contribution < -0.4 is 4.74 Å². The second-order valence-electron chi connectivity index (χ2n) is 8.15. The summed E-state index contributed by atoms with van der Waals surface area (Å²) < 4.78 is 29.4. The number of hydrogen-bond donors (Lipinski definition) is 0. The molecule has 1 aliphatic heterocycles. The number of piperidine rings is 1. The quantitative estimate of drug-likeness (QED) is 0.389. The summed E-state index contributed by atoms with van der Waals surface area (Å²) >= 11 is 0. The zero-order valence-corrected chi connectivity index (χ0v) is 17.6. The highest BCUT2D eigenvalue weighted by Crippen LogP contribution is 2.33. The van der Waals surface area contributed by atoms with Crippen molar-refractivity contribution in [1.82, 2.24) is 4.90 Å². The minimum atomic E-state index is -0.731. The van der Waals surface area contributed by atoms with Crippen LogP contribution in [0.1, 0.15) is 39.2 Å². The molecule has 9 nitrogen and oxygen atoms in total. The third-order valence-electron chi connectivity index (χ3n) is 4.67. The van der Waals surface area contributed by atoms with Gasteiger partial charge in [0.2, 0.25) is 5.75 Å². The second-order valence-corrected chi connectivity index (χ2v) is 8.15. The van der Waals surface area contributed by atoms with Crippen molar-refractivity contribution in [3.63, 3.8) is 0 Å². The number of likely N-dealkylation sites (tertiary alicyclic amines) is 1. The number of amides is 1. The van der Waals surface area contributed by atoms with Crippen molar-refractivity contribution in [2.24, 2.45) is 5.92 Å². The van der Waals surface area contributed by atoms with Crippen LogP contribution in [0, 0.1) is 21.8 Å². The van der Waals surface area contributed by atoms with E-state index in [1.165, 1.54) is 0 Å². The Morgan fingerprint density at radius 1 is 1.27 bits per heavy atom. The first-order chi connectivity index (χ1) is 14.0. The van der Waals surface area contributed by atoms with Gasteiger partial charge in [0, 0.05) is 25.2 Å². The second kappa shape index (κ2) is 9.73. The third-order valence-corrected chi connectivity index (χ3v) is 4.67. The van der Waals surface area contributed by atoms with E-state index >= 15 is 0 Å². The Balaban J connectivity index is 2.03. The van der Waals surface area contributed by atoms with Crippen molar-refractivity contribution < 1.29 is 33.1 Å². The molecule has 1 heterocycles. The van der Waals surface area contributed by atoms with Gasteiger partial charge in [-0.25, -0.2) is 14.0 Å². The molecule has 1 aliphatic rings. The molecular weight excluding hydrogens is 399 g/mol. The first-order valence-corrected chi connectivity index (χ1v) is 9.64. The Morgan fingerprint density at radius 3 is 2.43 bits per heavy atom. The van der Waals surface area contributed by atoms with Gasteiger partial charge in [-0.3, -0.25) is 10.1 Å². The van der Waals surface area contributed by atoms with Crippen molar-refractivity contribution in [1.29, 1.82) is 0 Å². The lowest BCUT2D eigenvalue weighted by Gasteiger charge is -2.33. The normalized spacial score (nSPS) is 14.9. The average Bonchev–Trinajstić information content (AvgIpc) is 2.66. The minimum Gasteiger partial charge on any atom is -0.475 e. The van der Waals surface area contributed by atoms with Crippen LogP contribution in [-0.4, -0.2) is 54.3 Å². The highest BCUT2D eigenvalue weighted by molar-refractivity contribution is 5.71. The number of halogens is 1. The first-order valence-electron chi connectivity index (χ1n) is 9.64. The maximum absolute atomic E-state index is 14.5. The molecule has 0 atom stereocenters. The molecule has 1 amide bonds. The summed E-state index contributed by atoms with van der Waals surface area (Å²) in [5, 5.41) is 11.4. The van der Waals surface area contributed by atoms with E-state index < -0.39 is 34.6 Å². The molecule has 0 aromatic heterocycles. The van der Waals surface area contributed by atoms with Crippen LogP contribution in [0.2, 0.25) is 0 Å². The fourth-order valence-electron chi connectivity index (χ4n) is 3.15. The molecule has 0 aliphatic carbocycles. The number of methoxy groups -OCH3 is 1. The van der Waals surface area contributed by atoms with Crippen LogP contribution in [0.5, 0.6) is 5.75 Å². The Hall–Kier alpha value is -2.91. The van der Waals surface area contributed by atoms with Gasteiger partial charge in [-0.2, -0.15) is 0 Å². The van der Waals surface area contributed by atoms with E-state index in [9.17, 15) is 24.1 Å². The molecule has 0 spiro atoms. The molecule has 1 fully saturated rings. The van der Waals surface area contributed by atoms with E-state index in [1.807, 2.05) is 0 Å². The lowest BCUT2D eigenvalue weighted by Crippen LogP contribution is -2.42. The summed E-state index contributed by atoms with van der Waals surface area (Å²) in [7, 11) is 1.15. The predicted molar refractivity (Wildman–Crippen MR) is 105 cm³/mol. The topological polar surface area (TPSA) is 108 Å². The van der Waals surface area contributed by atoms with Gasteiger partial charge in [-0.1, -0.05) is 0 Å². The lowest BCUT2D eigenvalue weighted by atomic mass is 9.90. The van der Waals surface area contributed by atoms with E-state index in [0.717, 1.165) is 19.2 Å². The molecule has 10 heteroatoms. The van der Waals surface area contributed by atoms with Crippen molar-refractivity contribution >= 4 is 17.7 Å². The van der Waals surface area contributed by atoms with E-state index in [4.69, 9.17) is 9.47 Å². The molecule has 1 aromatic carbocycles. The van der Waals surface area contributed by atoms with E-state index in [0.29, 0.717) is 32.4 Å². The van der Waals surface area contributed by atoms with Gasteiger partial charge in [-0.15, -0.1) is 0 Å². The molecule has 0 saturated carbocycles. The van der Waals surface area contributed by atoms with Gasteiger partial charge >= 0.3 is 17.7 Å². The summed E-state index contributed by atoms with van der Waals surface area (Å²) in [5.74, 6) is -1.63. The number of ether oxygens (including phenoxy) is 3. The number of nitro benzene ring substituents is 1. The Bertz CT molecular complexity index is 799. The highest BCUT2D eigenvalue weighted by atomic mass is 19.1. The van der Waals surface area contributed by atoms with Crippen LogP contribution >= 0.6 is 0 Å². The first kappa shape index (κ1) is 23.4. The van der Waals surface area contributed by atoms with Crippen molar-refractivity contribution in [2.45, 2.75) is 45.6 Å². The number of nitrogens with zero attached hydrogens (tertiary/aromatic N) is 2. The maximum atomic E-state index is 14.5. The molecule has 0 bridgehead atoms. The van der Waals surface area contributed by atoms with Crippen molar-refractivity contribution in [2.75, 3.05) is 26.8 Å². The molecule has 0 unspecified atom stereocenters. The standard InChI is InChI=1S/C20H27FN2O7/c1-20(2,3)30-19(25)22-7-5-13(6-8-22)9-14-10-16(23(26)27)17(11-15(14)21)29-12-18(24)28-4/h10-11,13H,5-9,12H2,1-4H3. The molecule has 0 N–H and O–H groups in total. The molecule has 0 radical (unpaired) electrons. The zero-order valence-electron chi connectivity index (χ0n) is 17.6. The molecule has 1 aromatic rings. The van der Waals surface area contributed by atoms with E-state index in [2.05, 4.69) is 4.74 Å². The van der Waals surface area contributed by atoms with E-state index in [1.54, 1.807) is 25.7 Å². The largest absolute Gasteiger partial charge is 0.475 e. The number of carbonyl (C=O) groups excluding carboxylic acids is 2. The summed E-state index contributed by atoms with van der Waals surface area (Å²) in [6.45, 7) is 5.79. The molecule has 1 saturated heterocycles. The molecular formula is C20H27FN2O7. The smallest absolute Gasteiger partial charge is 0.410 e. The van der Waals surface area contributed by atoms with E-state index in [-0.39, 0.29) is 23.3 Å². The SMILES string of the molecule is COC(=O)COc1cc(F)c(CC2CCN(C(=O)OC(C)(C)C)CC2)cc1[N+](=O)[O-]. The maximum Gasteiger partial charge on any atom is 0.410 e.